The average Bonchev–Trinajstić information content (AvgIpc) is 3.15. The van der Waals surface area contributed by atoms with E-state index in [0.717, 1.165) is 4.88 Å². The molecule has 0 spiro atoms. The molecule has 2 aromatic heterocycles. The van der Waals surface area contributed by atoms with Crippen LogP contribution < -0.4 is 5.32 Å². The second-order valence-electron chi connectivity index (χ2n) is 4.89. The summed E-state index contributed by atoms with van der Waals surface area (Å²) in [5, 5.41) is 14.3. The van der Waals surface area contributed by atoms with Gasteiger partial charge in [0.05, 0.1) is 5.92 Å². The van der Waals surface area contributed by atoms with Crippen LogP contribution in [-0.2, 0) is 4.79 Å². The summed E-state index contributed by atoms with van der Waals surface area (Å²) >= 11 is 1.54. The number of rotatable bonds is 4. The first-order chi connectivity index (χ1) is 10.5. The van der Waals surface area contributed by atoms with Gasteiger partial charge in [0.25, 0.3) is 0 Å². The molecule has 0 fully saturated rings. The van der Waals surface area contributed by atoms with Crippen molar-refractivity contribution in [3.05, 3.63) is 52.4 Å². The molecule has 1 unspecified atom stereocenters. The molecule has 0 aliphatic carbocycles. The Morgan fingerprint density at radius 3 is 2.77 bits per heavy atom. The molecular weight excluding hydrogens is 302 g/mol. The van der Waals surface area contributed by atoms with Crippen LogP contribution in [0, 0.1) is 0 Å². The minimum Gasteiger partial charge on any atom is -0.475 e. The summed E-state index contributed by atoms with van der Waals surface area (Å²) < 4.78 is 5.19. The highest BCUT2D eigenvalue weighted by atomic mass is 32.1. The van der Waals surface area contributed by atoms with Crippen molar-refractivity contribution >= 4 is 39.9 Å². The second-order valence-corrected chi connectivity index (χ2v) is 5.87. The standard InChI is InChI=1S/C16H13NO4S/c1-9(14-3-2-6-22-14)15(18)17-11-4-5-12-10(7-11)8-13(21-12)16(19)20/h2-9H,1H3,(H,17,18)(H,19,20). The maximum atomic E-state index is 12.2. The molecule has 6 heteroatoms. The van der Waals surface area contributed by atoms with E-state index in [1.807, 2.05) is 24.4 Å². The molecule has 22 heavy (non-hydrogen) atoms. The van der Waals surface area contributed by atoms with Gasteiger partial charge in [-0.25, -0.2) is 4.79 Å². The van der Waals surface area contributed by atoms with Crippen molar-refractivity contribution in [1.82, 2.24) is 0 Å². The van der Waals surface area contributed by atoms with Crippen molar-refractivity contribution < 1.29 is 19.1 Å². The van der Waals surface area contributed by atoms with E-state index in [2.05, 4.69) is 5.32 Å². The van der Waals surface area contributed by atoms with Gasteiger partial charge in [-0.2, -0.15) is 0 Å². The van der Waals surface area contributed by atoms with Crippen LogP contribution in [0.2, 0.25) is 0 Å². The second kappa shape index (κ2) is 5.65. The van der Waals surface area contributed by atoms with Gasteiger partial charge in [0, 0.05) is 16.0 Å². The lowest BCUT2D eigenvalue weighted by atomic mass is 10.1. The first kappa shape index (κ1) is 14.3. The van der Waals surface area contributed by atoms with Crippen LogP contribution >= 0.6 is 11.3 Å². The summed E-state index contributed by atoms with van der Waals surface area (Å²) in [6, 6.07) is 10.3. The van der Waals surface area contributed by atoms with E-state index < -0.39 is 5.97 Å². The first-order valence-corrected chi connectivity index (χ1v) is 7.54. The van der Waals surface area contributed by atoms with Gasteiger partial charge < -0.3 is 14.8 Å². The first-order valence-electron chi connectivity index (χ1n) is 6.66. The Bertz CT molecular complexity index is 835. The highest BCUT2D eigenvalue weighted by Crippen LogP contribution is 2.25. The minimum atomic E-state index is -1.12. The Labute approximate surface area is 130 Å². The molecule has 1 aromatic carbocycles. The number of carbonyl (C=O) groups excluding carboxylic acids is 1. The van der Waals surface area contributed by atoms with Crippen LogP contribution in [0.15, 0.2) is 46.2 Å². The van der Waals surface area contributed by atoms with Gasteiger partial charge in [0.15, 0.2) is 0 Å². The number of aromatic carboxylic acids is 1. The zero-order valence-electron chi connectivity index (χ0n) is 11.7. The summed E-state index contributed by atoms with van der Waals surface area (Å²) in [6.45, 7) is 1.85. The van der Waals surface area contributed by atoms with Gasteiger partial charge in [-0.05, 0) is 42.6 Å². The third-order valence-corrected chi connectivity index (χ3v) is 4.41. The third-order valence-electron chi connectivity index (χ3n) is 3.36. The number of hydrogen-bond acceptors (Lipinski definition) is 4. The summed E-state index contributed by atoms with van der Waals surface area (Å²) in [6.07, 6.45) is 0. The summed E-state index contributed by atoms with van der Waals surface area (Å²) in [7, 11) is 0. The molecular formula is C16H13NO4S. The van der Waals surface area contributed by atoms with E-state index in [4.69, 9.17) is 9.52 Å². The molecule has 3 rings (SSSR count). The van der Waals surface area contributed by atoms with Crippen LogP contribution in [0.5, 0.6) is 0 Å². The van der Waals surface area contributed by atoms with Gasteiger partial charge in [-0.1, -0.05) is 6.07 Å². The third kappa shape index (κ3) is 2.73. The fourth-order valence-electron chi connectivity index (χ4n) is 2.14. The number of carboxylic acids is 1. The molecule has 2 heterocycles. The van der Waals surface area contributed by atoms with Gasteiger partial charge in [-0.15, -0.1) is 11.3 Å². The van der Waals surface area contributed by atoms with Crippen LogP contribution in [-0.4, -0.2) is 17.0 Å². The monoisotopic (exact) mass is 315 g/mol. The molecule has 0 radical (unpaired) electrons. The van der Waals surface area contributed by atoms with Gasteiger partial charge in [-0.3, -0.25) is 4.79 Å². The zero-order valence-corrected chi connectivity index (χ0v) is 12.5. The number of hydrogen-bond donors (Lipinski definition) is 2. The van der Waals surface area contributed by atoms with E-state index >= 15 is 0 Å². The number of benzene rings is 1. The van der Waals surface area contributed by atoms with Crippen LogP contribution in [0.3, 0.4) is 0 Å². The van der Waals surface area contributed by atoms with E-state index in [-0.39, 0.29) is 17.6 Å². The molecule has 112 valence electrons. The molecule has 1 amide bonds. The van der Waals surface area contributed by atoms with Crippen molar-refractivity contribution in [2.75, 3.05) is 5.32 Å². The number of furan rings is 1. The highest BCUT2D eigenvalue weighted by molar-refractivity contribution is 7.10. The van der Waals surface area contributed by atoms with Crippen molar-refractivity contribution in [2.45, 2.75) is 12.8 Å². The summed E-state index contributed by atoms with van der Waals surface area (Å²) in [4.78, 5) is 24.1. The predicted octanol–water partition coefficient (Wildman–Crippen LogP) is 3.93. The Hall–Kier alpha value is -2.60. The van der Waals surface area contributed by atoms with Crippen LogP contribution in [0.4, 0.5) is 5.69 Å². The van der Waals surface area contributed by atoms with E-state index in [1.54, 1.807) is 18.2 Å². The maximum absolute atomic E-state index is 12.2. The van der Waals surface area contributed by atoms with Crippen molar-refractivity contribution in [2.24, 2.45) is 0 Å². The number of nitrogens with one attached hydrogen (secondary N) is 1. The smallest absolute Gasteiger partial charge is 0.371 e. The number of anilines is 1. The zero-order chi connectivity index (χ0) is 15.7. The summed E-state index contributed by atoms with van der Waals surface area (Å²) in [5.74, 6) is -1.59. The van der Waals surface area contributed by atoms with Crippen LogP contribution in [0.1, 0.15) is 28.3 Å². The molecule has 0 saturated carbocycles. The quantitative estimate of drug-likeness (QED) is 0.764. The highest BCUT2D eigenvalue weighted by Gasteiger charge is 2.17. The molecule has 2 N–H and O–H groups in total. The number of thiophene rings is 1. The normalized spacial score (nSPS) is 12.2. The average molecular weight is 315 g/mol. The Balaban J connectivity index is 1.81. The summed E-state index contributed by atoms with van der Waals surface area (Å²) in [5.41, 5.74) is 1.08. The number of fused-ring (bicyclic) bond motifs is 1. The van der Waals surface area contributed by atoms with Gasteiger partial charge in [0.2, 0.25) is 11.7 Å². The van der Waals surface area contributed by atoms with E-state index in [1.165, 1.54) is 17.4 Å². The van der Waals surface area contributed by atoms with E-state index in [9.17, 15) is 9.59 Å². The Kier molecular flexibility index (Phi) is 3.68. The van der Waals surface area contributed by atoms with E-state index in [0.29, 0.717) is 16.7 Å². The number of carbonyl (C=O) groups is 2. The lowest BCUT2D eigenvalue weighted by Crippen LogP contribution is -2.17. The molecule has 0 bridgehead atoms. The predicted molar refractivity (Wildman–Crippen MR) is 84.5 cm³/mol. The molecule has 5 nitrogen and oxygen atoms in total. The van der Waals surface area contributed by atoms with Gasteiger partial charge >= 0.3 is 5.97 Å². The Morgan fingerprint density at radius 2 is 2.09 bits per heavy atom. The van der Waals surface area contributed by atoms with Crippen molar-refractivity contribution in [1.29, 1.82) is 0 Å². The Morgan fingerprint density at radius 1 is 1.27 bits per heavy atom. The fourth-order valence-corrected chi connectivity index (χ4v) is 2.93. The molecule has 0 aliphatic rings. The number of carboxylic acid groups (broad SMARTS) is 1. The largest absolute Gasteiger partial charge is 0.475 e. The molecule has 3 aromatic rings. The molecule has 1 atom stereocenters. The lowest BCUT2D eigenvalue weighted by molar-refractivity contribution is -0.117. The topological polar surface area (TPSA) is 79.5 Å². The maximum Gasteiger partial charge on any atom is 0.371 e. The molecule has 0 aliphatic heterocycles. The molecule has 0 saturated heterocycles. The van der Waals surface area contributed by atoms with Crippen molar-refractivity contribution in [3.63, 3.8) is 0 Å². The van der Waals surface area contributed by atoms with Crippen molar-refractivity contribution in [3.8, 4) is 0 Å². The fraction of sp³-hybridized carbons (Fsp3) is 0.125. The van der Waals surface area contributed by atoms with Gasteiger partial charge in [0.1, 0.15) is 5.58 Å². The lowest BCUT2D eigenvalue weighted by Gasteiger charge is -2.10. The van der Waals surface area contributed by atoms with Crippen LogP contribution in [0.25, 0.3) is 11.0 Å². The SMILES string of the molecule is CC(C(=O)Nc1ccc2oc(C(=O)O)cc2c1)c1cccs1. The minimum absolute atomic E-state index is 0.108. The number of amides is 1.